The first-order valence-electron chi connectivity index (χ1n) is 8.84. The lowest BCUT2D eigenvalue weighted by Crippen LogP contribution is -2.43. The molecule has 7 heteroatoms. The van der Waals surface area contributed by atoms with Crippen LogP contribution < -0.4 is 10.9 Å². The number of amides is 2. The van der Waals surface area contributed by atoms with Crippen molar-refractivity contribution in [1.29, 1.82) is 0 Å². The van der Waals surface area contributed by atoms with Gasteiger partial charge in [-0.2, -0.15) is 0 Å². The van der Waals surface area contributed by atoms with E-state index in [0.717, 1.165) is 32.0 Å². The lowest BCUT2D eigenvalue weighted by molar-refractivity contribution is -0.122. The summed E-state index contributed by atoms with van der Waals surface area (Å²) in [4.78, 5) is 25.0. The van der Waals surface area contributed by atoms with Crippen LogP contribution in [0.15, 0.2) is 59.2 Å². The monoisotopic (exact) mass is 438 g/mol. The topological polar surface area (TPSA) is 68.1 Å². The predicted octanol–water partition coefficient (Wildman–Crippen LogP) is 3.67. The van der Waals surface area contributed by atoms with Crippen LogP contribution in [0.3, 0.4) is 0 Å². The van der Waals surface area contributed by atoms with Gasteiger partial charge in [0.2, 0.25) is 0 Å². The van der Waals surface area contributed by atoms with Crippen LogP contribution in [0.5, 0.6) is 0 Å². The fraction of sp³-hybridized carbons (Fsp3) is 0.143. The first kappa shape index (κ1) is 18.3. The Balaban J connectivity index is 1.49. The van der Waals surface area contributed by atoms with Crippen molar-refractivity contribution >= 4 is 49.6 Å². The molecule has 2 amide bonds. The number of fused-ring (bicyclic) bond motifs is 2. The summed E-state index contributed by atoms with van der Waals surface area (Å²) in [6.07, 6.45) is 1.76. The predicted molar refractivity (Wildman–Crippen MR) is 113 cm³/mol. The van der Waals surface area contributed by atoms with Gasteiger partial charge in [0.15, 0.2) is 0 Å². The van der Waals surface area contributed by atoms with Gasteiger partial charge in [-0.3, -0.25) is 20.4 Å². The Morgan fingerprint density at radius 1 is 0.964 bits per heavy atom. The average molecular weight is 439 g/mol. The molecule has 2 aromatic heterocycles. The second-order valence-electron chi connectivity index (χ2n) is 6.68. The third-order valence-corrected chi connectivity index (χ3v) is 5.91. The lowest BCUT2D eigenvalue weighted by atomic mass is 10.2. The molecule has 0 aliphatic carbocycles. The highest BCUT2D eigenvalue weighted by atomic mass is 79.9. The van der Waals surface area contributed by atoms with Crippen molar-refractivity contribution in [2.45, 2.75) is 13.5 Å². The normalized spacial score (nSPS) is 11.1. The molecule has 0 atom stereocenters. The SMILES string of the molecule is Cc1c(Br)c2ccccc2n1CC(=O)NNC(=O)c1cn(C)c2ccccc12. The molecule has 0 spiro atoms. The van der Waals surface area contributed by atoms with Crippen LogP contribution in [0, 0.1) is 6.92 Å². The third-order valence-electron chi connectivity index (χ3n) is 4.91. The van der Waals surface area contributed by atoms with Gasteiger partial charge in [0.25, 0.3) is 11.8 Å². The van der Waals surface area contributed by atoms with E-state index in [2.05, 4.69) is 26.8 Å². The number of aromatic nitrogens is 2. The zero-order valence-corrected chi connectivity index (χ0v) is 17.1. The molecule has 28 heavy (non-hydrogen) atoms. The van der Waals surface area contributed by atoms with Crippen molar-refractivity contribution in [3.8, 4) is 0 Å². The Bertz CT molecular complexity index is 1220. The number of hydrazine groups is 1. The van der Waals surface area contributed by atoms with E-state index < -0.39 is 0 Å². The second kappa shape index (κ2) is 7.16. The van der Waals surface area contributed by atoms with Crippen molar-refractivity contribution < 1.29 is 9.59 Å². The molecule has 0 aliphatic rings. The van der Waals surface area contributed by atoms with Gasteiger partial charge in [0.1, 0.15) is 6.54 Å². The summed E-state index contributed by atoms with van der Waals surface area (Å²) in [5.74, 6) is -0.648. The van der Waals surface area contributed by atoms with Crippen LogP contribution in [0.4, 0.5) is 0 Å². The Morgan fingerprint density at radius 2 is 1.61 bits per heavy atom. The van der Waals surface area contributed by atoms with E-state index in [1.807, 2.05) is 71.6 Å². The fourth-order valence-corrected chi connectivity index (χ4v) is 4.04. The standard InChI is InChI=1S/C21H19BrN4O2/c1-13-20(22)15-8-4-6-10-18(15)26(13)12-19(27)23-24-21(28)16-11-25(2)17-9-5-3-7-14(16)17/h3-11H,12H2,1-2H3,(H,23,27)(H,24,28). The molecule has 2 aromatic carbocycles. The molecule has 4 aromatic rings. The van der Waals surface area contributed by atoms with Gasteiger partial charge < -0.3 is 9.13 Å². The van der Waals surface area contributed by atoms with Crippen molar-refractivity contribution in [3.05, 3.63) is 70.5 Å². The number of hydrogen-bond acceptors (Lipinski definition) is 2. The number of carbonyl (C=O) groups excluding carboxylic acids is 2. The fourth-order valence-electron chi connectivity index (χ4n) is 3.49. The molecule has 6 nitrogen and oxygen atoms in total. The molecular formula is C21H19BrN4O2. The number of rotatable bonds is 3. The van der Waals surface area contributed by atoms with Crippen molar-refractivity contribution in [3.63, 3.8) is 0 Å². The minimum atomic E-state index is -0.347. The van der Waals surface area contributed by atoms with E-state index in [1.54, 1.807) is 6.20 Å². The van der Waals surface area contributed by atoms with Crippen molar-refractivity contribution in [2.24, 2.45) is 7.05 Å². The van der Waals surface area contributed by atoms with E-state index in [4.69, 9.17) is 0 Å². The molecule has 2 N–H and O–H groups in total. The zero-order chi connectivity index (χ0) is 19.8. The van der Waals surface area contributed by atoms with Gasteiger partial charge in [-0.25, -0.2) is 0 Å². The highest BCUT2D eigenvalue weighted by molar-refractivity contribution is 9.10. The van der Waals surface area contributed by atoms with E-state index >= 15 is 0 Å². The van der Waals surface area contributed by atoms with E-state index in [9.17, 15) is 9.59 Å². The number of hydrogen-bond donors (Lipinski definition) is 2. The first-order valence-corrected chi connectivity index (χ1v) is 9.63. The minimum Gasteiger partial charge on any atom is -0.350 e. The van der Waals surface area contributed by atoms with E-state index in [1.165, 1.54) is 0 Å². The van der Waals surface area contributed by atoms with Gasteiger partial charge in [-0.15, -0.1) is 0 Å². The maximum atomic E-state index is 12.6. The molecule has 0 fully saturated rings. The summed E-state index contributed by atoms with van der Waals surface area (Å²) in [5.41, 5.74) is 8.43. The van der Waals surface area contributed by atoms with Crippen LogP contribution in [0.25, 0.3) is 21.8 Å². The maximum Gasteiger partial charge on any atom is 0.271 e. The number of aryl methyl sites for hydroxylation is 1. The molecule has 142 valence electrons. The number of nitrogens with one attached hydrogen (secondary N) is 2. The smallest absolute Gasteiger partial charge is 0.271 e. The highest BCUT2D eigenvalue weighted by Gasteiger charge is 2.16. The Hall–Kier alpha value is -3.06. The molecule has 0 unspecified atom stereocenters. The summed E-state index contributed by atoms with van der Waals surface area (Å²) < 4.78 is 4.77. The molecule has 0 saturated carbocycles. The number of carbonyl (C=O) groups is 2. The lowest BCUT2D eigenvalue weighted by Gasteiger charge is -2.10. The number of para-hydroxylation sites is 2. The summed E-state index contributed by atoms with van der Waals surface area (Å²) in [6.45, 7) is 2.06. The average Bonchev–Trinajstić information content (AvgIpc) is 3.17. The van der Waals surface area contributed by atoms with Crippen LogP contribution in [0.1, 0.15) is 16.1 Å². The summed E-state index contributed by atoms with van der Waals surface area (Å²) in [6, 6.07) is 15.5. The van der Waals surface area contributed by atoms with Gasteiger partial charge in [-0.1, -0.05) is 36.4 Å². The van der Waals surface area contributed by atoms with Crippen molar-refractivity contribution in [1.82, 2.24) is 20.0 Å². The van der Waals surface area contributed by atoms with Crippen LogP contribution in [-0.2, 0) is 18.4 Å². The molecule has 0 bridgehead atoms. The van der Waals surface area contributed by atoms with Crippen molar-refractivity contribution in [2.75, 3.05) is 0 Å². The Morgan fingerprint density at radius 3 is 2.36 bits per heavy atom. The molecule has 0 aliphatic heterocycles. The molecule has 2 heterocycles. The Kier molecular flexibility index (Phi) is 4.68. The van der Waals surface area contributed by atoms with Crippen LogP contribution in [0.2, 0.25) is 0 Å². The number of halogens is 1. The first-order chi connectivity index (χ1) is 13.5. The highest BCUT2D eigenvalue weighted by Crippen LogP contribution is 2.30. The molecule has 0 saturated heterocycles. The van der Waals surface area contributed by atoms with Gasteiger partial charge in [0, 0.05) is 45.2 Å². The van der Waals surface area contributed by atoms with Gasteiger partial charge in [0.05, 0.1) is 5.56 Å². The Labute approximate surface area is 170 Å². The minimum absolute atomic E-state index is 0.105. The zero-order valence-electron chi connectivity index (χ0n) is 15.5. The largest absolute Gasteiger partial charge is 0.350 e. The summed E-state index contributed by atoms with van der Waals surface area (Å²) in [7, 11) is 1.88. The molecule has 4 rings (SSSR count). The summed E-state index contributed by atoms with van der Waals surface area (Å²) >= 11 is 3.59. The van der Waals surface area contributed by atoms with E-state index in [-0.39, 0.29) is 18.4 Å². The summed E-state index contributed by atoms with van der Waals surface area (Å²) in [5, 5.41) is 1.89. The van der Waals surface area contributed by atoms with Crippen LogP contribution in [-0.4, -0.2) is 20.9 Å². The van der Waals surface area contributed by atoms with Crippen LogP contribution >= 0.6 is 15.9 Å². The quantitative estimate of drug-likeness (QED) is 0.479. The number of benzene rings is 2. The third kappa shape index (κ3) is 3.07. The number of nitrogens with zero attached hydrogens (tertiary/aromatic N) is 2. The second-order valence-corrected chi connectivity index (χ2v) is 7.47. The maximum absolute atomic E-state index is 12.6. The van der Waals surface area contributed by atoms with Gasteiger partial charge in [-0.05, 0) is 35.0 Å². The molecular weight excluding hydrogens is 420 g/mol. The van der Waals surface area contributed by atoms with Gasteiger partial charge >= 0.3 is 0 Å². The van der Waals surface area contributed by atoms with E-state index in [0.29, 0.717) is 5.56 Å². The molecule has 0 radical (unpaired) electrons.